The monoisotopic (exact) mass is 279 g/mol. The quantitative estimate of drug-likeness (QED) is 0.803. The van der Waals surface area contributed by atoms with Crippen molar-refractivity contribution in [3.63, 3.8) is 0 Å². The minimum atomic E-state index is -0.931. The van der Waals surface area contributed by atoms with Crippen LogP contribution in [-0.4, -0.2) is 41.0 Å². The van der Waals surface area contributed by atoms with Crippen LogP contribution in [0.2, 0.25) is 0 Å². The molecule has 5 nitrogen and oxygen atoms in total. The second-order valence-electron chi connectivity index (χ2n) is 4.30. The zero-order valence-electron chi connectivity index (χ0n) is 10.8. The highest BCUT2D eigenvalue weighted by molar-refractivity contribution is 5.91. The van der Waals surface area contributed by atoms with E-state index in [9.17, 15) is 18.4 Å². The number of hydrogen-bond acceptors (Lipinski definition) is 3. The summed E-state index contributed by atoms with van der Waals surface area (Å²) >= 11 is 0. The van der Waals surface area contributed by atoms with Gasteiger partial charge in [-0.1, -0.05) is 0 Å². The number of aldehydes is 1. The molecule has 0 saturated carbocycles. The van der Waals surface area contributed by atoms with E-state index in [-0.39, 0.29) is 17.2 Å². The lowest BCUT2D eigenvalue weighted by Gasteiger charge is -2.08. The smallest absolute Gasteiger partial charge is 0.273 e. The van der Waals surface area contributed by atoms with Crippen LogP contribution in [0.3, 0.4) is 0 Å². The van der Waals surface area contributed by atoms with Crippen molar-refractivity contribution in [3.05, 3.63) is 47.3 Å². The third-order valence-electron chi connectivity index (χ3n) is 2.62. The first kappa shape index (κ1) is 13.9. The number of nitrogens with zero attached hydrogens (tertiary/aromatic N) is 3. The summed E-state index contributed by atoms with van der Waals surface area (Å²) in [5.41, 5.74) is -0.484. The van der Waals surface area contributed by atoms with E-state index in [4.69, 9.17) is 0 Å². The molecule has 0 aliphatic carbocycles. The number of amides is 1. The first-order valence-electron chi connectivity index (χ1n) is 5.66. The van der Waals surface area contributed by atoms with Crippen molar-refractivity contribution in [2.24, 2.45) is 0 Å². The van der Waals surface area contributed by atoms with Gasteiger partial charge in [-0.25, -0.2) is 13.5 Å². The van der Waals surface area contributed by atoms with Crippen LogP contribution in [0.1, 0.15) is 20.8 Å². The van der Waals surface area contributed by atoms with Crippen LogP contribution >= 0.6 is 0 Å². The van der Waals surface area contributed by atoms with Gasteiger partial charge in [-0.2, -0.15) is 5.10 Å². The zero-order valence-corrected chi connectivity index (χ0v) is 10.8. The van der Waals surface area contributed by atoms with E-state index in [1.807, 2.05) is 0 Å². The second kappa shape index (κ2) is 5.20. The highest BCUT2D eigenvalue weighted by atomic mass is 19.1. The third kappa shape index (κ3) is 2.42. The van der Waals surface area contributed by atoms with E-state index < -0.39 is 17.3 Å². The Kier molecular flexibility index (Phi) is 3.60. The Balaban J connectivity index is 2.48. The largest absolute Gasteiger partial charge is 0.343 e. The van der Waals surface area contributed by atoms with Gasteiger partial charge in [0.15, 0.2) is 17.3 Å². The van der Waals surface area contributed by atoms with Crippen molar-refractivity contribution >= 4 is 12.2 Å². The first-order chi connectivity index (χ1) is 9.43. The fourth-order valence-electron chi connectivity index (χ4n) is 1.66. The fourth-order valence-corrected chi connectivity index (χ4v) is 1.66. The molecule has 20 heavy (non-hydrogen) atoms. The van der Waals surface area contributed by atoms with Gasteiger partial charge in [0.1, 0.15) is 12.0 Å². The minimum absolute atomic E-state index is 0.0632. The third-order valence-corrected chi connectivity index (χ3v) is 2.62. The van der Waals surface area contributed by atoms with Crippen LogP contribution in [-0.2, 0) is 0 Å². The predicted octanol–water partition coefficient (Wildman–Crippen LogP) is 1.66. The number of carbonyl (C=O) groups excluding carboxylic acids is 2. The fraction of sp³-hybridized carbons (Fsp3) is 0.154. The SMILES string of the molecule is CN(C)C(=O)c1ccn(-c2c(F)cc(C=O)cc2F)n1. The molecular weight excluding hydrogens is 268 g/mol. The Morgan fingerprint density at radius 3 is 2.40 bits per heavy atom. The van der Waals surface area contributed by atoms with Gasteiger partial charge in [0.05, 0.1) is 0 Å². The number of hydrogen-bond donors (Lipinski definition) is 0. The molecule has 7 heteroatoms. The minimum Gasteiger partial charge on any atom is -0.343 e. The summed E-state index contributed by atoms with van der Waals surface area (Å²) in [6.45, 7) is 0. The van der Waals surface area contributed by atoms with Crippen molar-refractivity contribution < 1.29 is 18.4 Å². The molecule has 104 valence electrons. The van der Waals surface area contributed by atoms with E-state index in [0.29, 0.717) is 6.29 Å². The molecule has 2 aromatic rings. The molecule has 0 aliphatic rings. The Hall–Kier alpha value is -2.57. The molecule has 1 amide bonds. The van der Waals surface area contributed by atoms with Crippen molar-refractivity contribution in [1.82, 2.24) is 14.7 Å². The maximum absolute atomic E-state index is 13.8. The van der Waals surface area contributed by atoms with Crippen molar-refractivity contribution in [2.45, 2.75) is 0 Å². The molecule has 0 atom stereocenters. The topological polar surface area (TPSA) is 55.2 Å². The summed E-state index contributed by atoms with van der Waals surface area (Å²) in [6.07, 6.45) is 1.62. The maximum atomic E-state index is 13.8. The Morgan fingerprint density at radius 2 is 1.90 bits per heavy atom. The molecule has 1 aromatic carbocycles. The number of carbonyl (C=O) groups is 2. The normalized spacial score (nSPS) is 10.4. The molecule has 0 fully saturated rings. The second-order valence-corrected chi connectivity index (χ2v) is 4.30. The molecule has 1 aromatic heterocycles. The molecule has 0 bridgehead atoms. The first-order valence-corrected chi connectivity index (χ1v) is 5.66. The molecular formula is C13H11F2N3O2. The standard InChI is InChI=1S/C13H11F2N3O2/c1-17(2)13(20)11-3-4-18(16-11)12-9(14)5-8(7-19)6-10(12)15/h3-7H,1-2H3. The van der Waals surface area contributed by atoms with E-state index in [0.717, 1.165) is 16.8 Å². The van der Waals surface area contributed by atoms with E-state index in [1.165, 1.54) is 17.2 Å². The molecule has 0 radical (unpaired) electrons. The summed E-state index contributed by atoms with van der Waals surface area (Å²) in [4.78, 5) is 23.5. The van der Waals surface area contributed by atoms with Gasteiger partial charge in [0.2, 0.25) is 0 Å². The molecule has 0 saturated heterocycles. The van der Waals surface area contributed by atoms with Crippen LogP contribution in [0, 0.1) is 11.6 Å². The van der Waals surface area contributed by atoms with Gasteiger partial charge < -0.3 is 4.90 Å². The Bertz CT molecular complexity index is 657. The summed E-state index contributed by atoms with van der Waals surface area (Å²) in [7, 11) is 3.09. The molecule has 0 aliphatic heterocycles. The van der Waals surface area contributed by atoms with E-state index >= 15 is 0 Å². The lowest BCUT2D eigenvalue weighted by atomic mass is 10.2. The number of benzene rings is 1. The van der Waals surface area contributed by atoms with Gasteiger partial charge in [0.25, 0.3) is 5.91 Å². The van der Waals surface area contributed by atoms with E-state index in [2.05, 4.69) is 5.10 Å². The molecule has 0 spiro atoms. The van der Waals surface area contributed by atoms with Crippen molar-refractivity contribution in [1.29, 1.82) is 0 Å². The molecule has 0 N–H and O–H groups in total. The Morgan fingerprint density at radius 1 is 1.30 bits per heavy atom. The summed E-state index contributed by atoms with van der Waals surface area (Å²) in [6, 6.07) is 3.16. The van der Waals surface area contributed by atoms with Crippen LogP contribution in [0.25, 0.3) is 5.69 Å². The Labute approximate surface area is 113 Å². The van der Waals surface area contributed by atoms with Crippen LogP contribution in [0.15, 0.2) is 24.4 Å². The van der Waals surface area contributed by atoms with Crippen molar-refractivity contribution in [3.8, 4) is 5.69 Å². The number of halogens is 2. The summed E-state index contributed by atoms with van der Waals surface area (Å²) in [5, 5.41) is 3.84. The lowest BCUT2D eigenvalue weighted by Crippen LogP contribution is -2.22. The van der Waals surface area contributed by atoms with Crippen molar-refractivity contribution in [2.75, 3.05) is 14.1 Å². The summed E-state index contributed by atoms with van der Waals surface area (Å²) < 4.78 is 28.5. The molecule has 2 rings (SSSR count). The maximum Gasteiger partial charge on any atom is 0.273 e. The summed E-state index contributed by atoms with van der Waals surface area (Å²) in [5.74, 6) is -2.24. The van der Waals surface area contributed by atoms with Crippen LogP contribution in [0.4, 0.5) is 8.78 Å². The lowest BCUT2D eigenvalue weighted by molar-refractivity contribution is 0.0821. The predicted molar refractivity (Wildman–Crippen MR) is 66.9 cm³/mol. The molecule has 0 unspecified atom stereocenters. The van der Waals surface area contributed by atoms with Gasteiger partial charge in [0, 0.05) is 25.9 Å². The van der Waals surface area contributed by atoms with Gasteiger partial charge in [-0.15, -0.1) is 0 Å². The average molecular weight is 279 g/mol. The average Bonchev–Trinajstić information content (AvgIpc) is 2.86. The number of aromatic nitrogens is 2. The van der Waals surface area contributed by atoms with Gasteiger partial charge in [-0.05, 0) is 18.2 Å². The zero-order chi connectivity index (χ0) is 14.9. The number of rotatable bonds is 3. The molecule has 1 heterocycles. The van der Waals surface area contributed by atoms with Crippen LogP contribution in [0.5, 0.6) is 0 Å². The highest BCUT2D eigenvalue weighted by Gasteiger charge is 2.17. The van der Waals surface area contributed by atoms with Gasteiger partial charge >= 0.3 is 0 Å². The highest BCUT2D eigenvalue weighted by Crippen LogP contribution is 2.19. The van der Waals surface area contributed by atoms with E-state index in [1.54, 1.807) is 14.1 Å². The van der Waals surface area contributed by atoms with Crippen LogP contribution < -0.4 is 0 Å². The van der Waals surface area contributed by atoms with Gasteiger partial charge in [-0.3, -0.25) is 9.59 Å².